The minimum Gasteiger partial charge on any atom is -0.411 e. The zero-order chi connectivity index (χ0) is 22.3. The first-order chi connectivity index (χ1) is 15.6. The van der Waals surface area contributed by atoms with Crippen molar-refractivity contribution in [3.63, 3.8) is 0 Å². The minimum atomic E-state index is -0.339. The Morgan fingerprint density at radius 2 is 1.88 bits per heavy atom. The van der Waals surface area contributed by atoms with Gasteiger partial charge in [0.1, 0.15) is 5.82 Å². The van der Waals surface area contributed by atoms with E-state index in [1.807, 2.05) is 24.3 Å². The SMILES string of the molecule is C#CCN1CCN(c2ccccc2NC(=O)CSc2nnc(-c3ccc(F)cc3)o2)CC1. The van der Waals surface area contributed by atoms with Gasteiger partial charge in [0.2, 0.25) is 11.8 Å². The highest BCUT2D eigenvalue weighted by Crippen LogP contribution is 2.28. The lowest BCUT2D eigenvalue weighted by atomic mass is 10.2. The van der Waals surface area contributed by atoms with Gasteiger partial charge >= 0.3 is 0 Å². The lowest BCUT2D eigenvalue weighted by molar-refractivity contribution is -0.113. The molecule has 1 aliphatic heterocycles. The van der Waals surface area contributed by atoms with Crippen molar-refractivity contribution in [3.05, 3.63) is 54.3 Å². The number of hydrogen-bond donors (Lipinski definition) is 1. The van der Waals surface area contributed by atoms with E-state index in [2.05, 4.69) is 31.2 Å². The zero-order valence-electron chi connectivity index (χ0n) is 17.3. The normalized spacial score (nSPS) is 14.2. The molecule has 32 heavy (non-hydrogen) atoms. The minimum absolute atomic E-state index is 0.120. The number of nitrogens with zero attached hydrogens (tertiary/aromatic N) is 4. The van der Waals surface area contributed by atoms with Crippen LogP contribution in [-0.2, 0) is 4.79 Å². The standard InChI is InChI=1S/C23H22FN5O2S/c1-2-11-28-12-14-29(15-13-28)20-6-4-3-5-19(20)25-21(30)16-32-23-27-26-22(31-23)17-7-9-18(24)10-8-17/h1,3-10H,11-16H2,(H,25,30). The number of hydrogen-bond acceptors (Lipinski definition) is 7. The second-order valence-electron chi connectivity index (χ2n) is 7.20. The quantitative estimate of drug-likeness (QED) is 0.436. The van der Waals surface area contributed by atoms with Gasteiger partial charge in [0, 0.05) is 31.7 Å². The van der Waals surface area contributed by atoms with Crippen LogP contribution in [0.5, 0.6) is 0 Å². The van der Waals surface area contributed by atoms with Crippen molar-refractivity contribution in [1.82, 2.24) is 15.1 Å². The van der Waals surface area contributed by atoms with Crippen molar-refractivity contribution in [2.75, 3.05) is 48.7 Å². The monoisotopic (exact) mass is 451 g/mol. The largest absolute Gasteiger partial charge is 0.411 e. The summed E-state index contributed by atoms with van der Waals surface area (Å²) in [5.74, 6) is 2.58. The lowest BCUT2D eigenvalue weighted by Crippen LogP contribution is -2.46. The summed E-state index contributed by atoms with van der Waals surface area (Å²) in [6, 6.07) is 13.5. The number of piperazine rings is 1. The van der Waals surface area contributed by atoms with Gasteiger partial charge in [-0.2, -0.15) is 0 Å². The Balaban J connectivity index is 1.33. The molecule has 0 bridgehead atoms. The molecular weight excluding hydrogens is 429 g/mol. The zero-order valence-corrected chi connectivity index (χ0v) is 18.1. The van der Waals surface area contributed by atoms with Crippen LogP contribution in [0.15, 0.2) is 58.2 Å². The molecule has 9 heteroatoms. The molecule has 0 aliphatic carbocycles. The van der Waals surface area contributed by atoms with E-state index in [9.17, 15) is 9.18 Å². The van der Waals surface area contributed by atoms with Gasteiger partial charge in [0.05, 0.1) is 23.7 Å². The highest BCUT2D eigenvalue weighted by atomic mass is 32.2. The van der Waals surface area contributed by atoms with Crippen LogP contribution in [0.3, 0.4) is 0 Å². The van der Waals surface area contributed by atoms with Gasteiger partial charge in [0.15, 0.2) is 0 Å². The number of amides is 1. The number of carbonyl (C=O) groups is 1. The summed E-state index contributed by atoms with van der Waals surface area (Å²) in [6.45, 7) is 4.11. The number of nitrogens with one attached hydrogen (secondary N) is 1. The van der Waals surface area contributed by atoms with Crippen molar-refractivity contribution >= 4 is 29.0 Å². The number of terminal acetylenes is 1. The van der Waals surface area contributed by atoms with Crippen LogP contribution in [-0.4, -0.2) is 59.5 Å². The van der Waals surface area contributed by atoms with Crippen LogP contribution in [0.4, 0.5) is 15.8 Å². The number of aromatic nitrogens is 2. The highest BCUT2D eigenvalue weighted by Gasteiger charge is 2.19. The maximum absolute atomic E-state index is 13.1. The smallest absolute Gasteiger partial charge is 0.277 e. The topological polar surface area (TPSA) is 74.5 Å². The fourth-order valence-corrected chi connectivity index (χ4v) is 3.99. The first-order valence-electron chi connectivity index (χ1n) is 10.1. The molecule has 0 atom stereocenters. The fourth-order valence-electron chi connectivity index (χ4n) is 3.42. The molecule has 164 valence electrons. The fraction of sp³-hybridized carbons (Fsp3) is 0.261. The Hall–Kier alpha value is -3.35. The molecule has 7 nitrogen and oxygen atoms in total. The third-order valence-electron chi connectivity index (χ3n) is 5.03. The molecule has 4 rings (SSSR count). The van der Waals surface area contributed by atoms with Gasteiger partial charge < -0.3 is 14.6 Å². The molecule has 0 saturated carbocycles. The van der Waals surface area contributed by atoms with Crippen LogP contribution in [0.2, 0.25) is 0 Å². The predicted octanol–water partition coefficient (Wildman–Crippen LogP) is 3.36. The number of benzene rings is 2. The third-order valence-corrected chi connectivity index (χ3v) is 5.85. The Morgan fingerprint density at radius 1 is 1.12 bits per heavy atom. The number of anilines is 2. The molecule has 0 unspecified atom stereocenters. The van der Waals surface area contributed by atoms with Crippen molar-refractivity contribution in [1.29, 1.82) is 0 Å². The van der Waals surface area contributed by atoms with Gasteiger partial charge in [0.25, 0.3) is 5.22 Å². The molecule has 2 aromatic carbocycles. The van der Waals surface area contributed by atoms with Crippen LogP contribution in [0.25, 0.3) is 11.5 Å². The van der Waals surface area contributed by atoms with Crippen molar-refractivity contribution in [2.45, 2.75) is 5.22 Å². The molecule has 2 heterocycles. The van der Waals surface area contributed by atoms with Crippen LogP contribution in [0.1, 0.15) is 0 Å². The number of halogens is 1. The van der Waals surface area contributed by atoms with Crippen LogP contribution < -0.4 is 10.2 Å². The Bertz CT molecular complexity index is 1100. The molecule has 1 amide bonds. The molecule has 1 fully saturated rings. The van der Waals surface area contributed by atoms with E-state index in [0.717, 1.165) is 49.3 Å². The molecule has 1 saturated heterocycles. The summed E-state index contributed by atoms with van der Waals surface area (Å²) >= 11 is 1.15. The second-order valence-corrected chi connectivity index (χ2v) is 8.13. The van der Waals surface area contributed by atoms with E-state index in [-0.39, 0.29) is 28.6 Å². The summed E-state index contributed by atoms with van der Waals surface area (Å²) in [7, 11) is 0. The van der Waals surface area contributed by atoms with E-state index < -0.39 is 0 Å². The van der Waals surface area contributed by atoms with Crippen molar-refractivity contribution < 1.29 is 13.6 Å². The average molecular weight is 452 g/mol. The number of carbonyl (C=O) groups excluding carboxylic acids is 1. The summed E-state index contributed by atoms with van der Waals surface area (Å²) in [6.07, 6.45) is 5.41. The number of thioether (sulfide) groups is 1. The maximum Gasteiger partial charge on any atom is 0.277 e. The molecular formula is C23H22FN5O2S. The van der Waals surface area contributed by atoms with Crippen LogP contribution in [0, 0.1) is 18.2 Å². The maximum atomic E-state index is 13.1. The Morgan fingerprint density at radius 3 is 2.62 bits per heavy atom. The summed E-state index contributed by atoms with van der Waals surface area (Å²) in [4.78, 5) is 17.0. The number of rotatable bonds is 7. The second kappa shape index (κ2) is 10.3. The highest BCUT2D eigenvalue weighted by molar-refractivity contribution is 7.99. The molecule has 0 spiro atoms. The lowest BCUT2D eigenvalue weighted by Gasteiger charge is -2.36. The summed E-state index contributed by atoms with van der Waals surface area (Å²) in [5.41, 5.74) is 2.37. The van der Waals surface area contributed by atoms with Gasteiger partial charge in [-0.3, -0.25) is 9.69 Å². The van der Waals surface area contributed by atoms with Gasteiger partial charge in [-0.25, -0.2) is 4.39 Å². The van der Waals surface area contributed by atoms with Gasteiger partial charge in [-0.05, 0) is 36.4 Å². The first-order valence-corrected chi connectivity index (χ1v) is 11.1. The number of para-hydroxylation sites is 2. The molecule has 1 N–H and O–H groups in total. The Kier molecular flexibility index (Phi) is 7.04. The Labute approximate surface area is 190 Å². The van der Waals surface area contributed by atoms with Crippen LogP contribution >= 0.6 is 11.8 Å². The molecule has 0 radical (unpaired) electrons. The summed E-state index contributed by atoms with van der Waals surface area (Å²) in [5, 5.41) is 11.2. The molecule has 3 aromatic rings. The van der Waals surface area contributed by atoms with Crippen molar-refractivity contribution in [2.24, 2.45) is 0 Å². The average Bonchev–Trinajstić information content (AvgIpc) is 3.29. The van der Waals surface area contributed by atoms with E-state index in [1.165, 1.54) is 12.1 Å². The predicted molar refractivity (Wildman–Crippen MR) is 123 cm³/mol. The van der Waals surface area contributed by atoms with E-state index >= 15 is 0 Å². The molecule has 1 aromatic heterocycles. The first kappa shape index (κ1) is 21.9. The van der Waals surface area contributed by atoms with E-state index in [1.54, 1.807) is 12.1 Å². The van der Waals surface area contributed by atoms with Crippen molar-refractivity contribution in [3.8, 4) is 23.8 Å². The third kappa shape index (κ3) is 5.46. The van der Waals surface area contributed by atoms with Gasteiger partial charge in [-0.1, -0.05) is 29.8 Å². The summed E-state index contributed by atoms with van der Waals surface area (Å²) < 4.78 is 18.6. The molecule has 1 aliphatic rings. The van der Waals surface area contributed by atoms with Gasteiger partial charge in [-0.15, -0.1) is 16.6 Å². The van der Waals surface area contributed by atoms with E-state index in [4.69, 9.17) is 10.8 Å². The van der Waals surface area contributed by atoms with E-state index in [0.29, 0.717) is 12.1 Å².